The second-order valence-corrected chi connectivity index (χ2v) is 14.9. The Labute approximate surface area is 313 Å². The van der Waals surface area contributed by atoms with Crippen molar-refractivity contribution < 1.29 is 32.8 Å². The van der Waals surface area contributed by atoms with Crippen molar-refractivity contribution in [1.29, 1.82) is 0 Å². The Morgan fingerprint density at radius 3 is 1.67 bits per heavy atom. The van der Waals surface area contributed by atoms with E-state index in [4.69, 9.17) is 24.3 Å². The van der Waals surface area contributed by atoms with Gasteiger partial charge in [0.1, 0.15) is 6.10 Å². The van der Waals surface area contributed by atoms with Crippen molar-refractivity contribution in [1.82, 2.24) is 0 Å². The molecule has 0 bridgehead atoms. The van der Waals surface area contributed by atoms with Crippen molar-refractivity contribution in [3.63, 3.8) is 0 Å². The highest BCUT2D eigenvalue weighted by Gasteiger charge is 2.25. The van der Waals surface area contributed by atoms with Crippen LogP contribution in [0.5, 0.6) is 0 Å². The van der Waals surface area contributed by atoms with Gasteiger partial charge in [0.2, 0.25) is 0 Å². The number of phosphoric acid groups is 1. The van der Waals surface area contributed by atoms with Crippen LogP contribution in [0.15, 0.2) is 48.6 Å². The van der Waals surface area contributed by atoms with E-state index in [1.165, 1.54) is 77.0 Å². The molecule has 0 fully saturated rings. The van der Waals surface area contributed by atoms with Gasteiger partial charge in [0.15, 0.2) is 0 Å². The number of esters is 1. The maximum absolute atomic E-state index is 12.6. The maximum atomic E-state index is 12.6. The molecule has 0 aliphatic heterocycles. The summed E-state index contributed by atoms with van der Waals surface area (Å²) in [5.41, 5.74) is 5.36. The second kappa shape index (κ2) is 39.7. The summed E-state index contributed by atoms with van der Waals surface area (Å²) in [5, 5.41) is 0. The number of hydrogen-bond acceptors (Lipinski definition) is 7. The van der Waals surface area contributed by atoms with Gasteiger partial charge in [0.05, 0.1) is 19.8 Å². The average molecular weight is 740 g/mol. The Morgan fingerprint density at radius 2 is 1.10 bits per heavy atom. The van der Waals surface area contributed by atoms with Crippen molar-refractivity contribution in [3.8, 4) is 0 Å². The first-order chi connectivity index (χ1) is 24.9. The van der Waals surface area contributed by atoms with E-state index in [1.54, 1.807) is 0 Å². The van der Waals surface area contributed by atoms with Crippen LogP contribution in [0.25, 0.3) is 0 Å². The van der Waals surface area contributed by atoms with Crippen LogP contribution in [-0.2, 0) is 27.9 Å². The first kappa shape index (κ1) is 49.5. The number of phosphoric ester groups is 1. The van der Waals surface area contributed by atoms with E-state index in [0.717, 1.165) is 77.0 Å². The lowest BCUT2D eigenvalue weighted by molar-refractivity contribution is -0.154. The third-order valence-electron chi connectivity index (χ3n) is 8.48. The van der Waals surface area contributed by atoms with Crippen molar-refractivity contribution in [2.75, 3.05) is 33.0 Å². The van der Waals surface area contributed by atoms with Gasteiger partial charge in [-0.25, -0.2) is 4.57 Å². The van der Waals surface area contributed by atoms with Gasteiger partial charge >= 0.3 is 13.8 Å². The molecule has 2 atom stereocenters. The number of unbranched alkanes of at least 4 members (excludes halogenated alkanes) is 18. The summed E-state index contributed by atoms with van der Waals surface area (Å²) in [5.74, 6) is -0.345. The second-order valence-electron chi connectivity index (χ2n) is 13.5. The van der Waals surface area contributed by atoms with Crippen LogP contribution in [0.3, 0.4) is 0 Å². The predicted molar refractivity (Wildman–Crippen MR) is 215 cm³/mol. The smallest absolute Gasteiger partial charge is 0.457 e. The zero-order chi connectivity index (χ0) is 37.4. The molecule has 0 heterocycles. The molecule has 298 valence electrons. The third-order valence-corrected chi connectivity index (χ3v) is 9.46. The van der Waals surface area contributed by atoms with Crippen molar-refractivity contribution in [3.05, 3.63) is 48.6 Å². The fourth-order valence-corrected chi connectivity index (χ4v) is 6.24. The quantitative estimate of drug-likeness (QED) is 0.0277. The molecule has 3 N–H and O–H groups in total. The van der Waals surface area contributed by atoms with Gasteiger partial charge in [0.25, 0.3) is 0 Å². The molecule has 0 saturated heterocycles. The largest absolute Gasteiger partial charge is 0.472 e. The Balaban J connectivity index is 4.09. The number of rotatable bonds is 39. The molecule has 0 aromatic carbocycles. The minimum absolute atomic E-state index is 0.0952. The van der Waals surface area contributed by atoms with Crippen LogP contribution in [0, 0.1) is 0 Å². The summed E-state index contributed by atoms with van der Waals surface area (Å²) in [7, 11) is -4.28. The SMILES string of the molecule is CC/C=C\C/C=C\C/C=C\CCCCCCCCOCC(COP(=O)(O)OCCN)OC(=O)CCCCCCC/C=C\CCCCCCCCC. The first-order valence-corrected chi connectivity index (χ1v) is 22.1. The number of hydrogen-bond donors (Lipinski definition) is 2. The molecule has 0 aromatic heterocycles. The molecular formula is C42H78NO7P. The summed E-state index contributed by atoms with van der Waals surface area (Å²) in [6.45, 7) is 4.76. The minimum Gasteiger partial charge on any atom is -0.457 e. The van der Waals surface area contributed by atoms with E-state index >= 15 is 0 Å². The number of nitrogens with two attached hydrogens (primary N) is 1. The Bertz CT molecular complexity index is 921. The minimum atomic E-state index is -4.28. The van der Waals surface area contributed by atoms with E-state index in [-0.39, 0.29) is 32.3 Å². The zero-order valence-electron chi connectivity index (χ0n) is 32.8. The molecule has 0 aliphatic rings. The molecule has 0 radical (unpaired) electrons. The summed E-state index contributed by atoms with van der Waals surface area (Å²) < 4.78 is 33.4. The lowest BCUT2D eigenvalue weighted by Gasteiger charge is -2.20. The summed E-state index contributed by atoms with van der Waals surface area (Å²) in [4.78, 5) is 22.4. The molecule has 0 saturated carbocycles. The molecule has 0 amide bonds. The van der Waals surface area contributed by atoms with E-state index in [9.17, 15) is 14.3 Å². The summed E-state index contributed by atoms with van der Waals surface area (Å²) in [6, 6.07) is 0. The van der Waals surface area contributed by atoms with Crippen molar-refractivity contribution in [2.24, 2.45) is 5.73 Å². The van der Waals surface area contributed by atoms with Gasteiger partial charge in [-0.1, -0.05) is 146 Å². The summed E-state index contributed by atoms with van der Waals surface area (Å²) in [6.07, 6.45) is 45.5. The molecule has 9 heteroatoms. The van der Waals surface area contributed by atoms with Crippen LogP contribution < -0.4 is 5.73 Å². The van der Waals surface area contributed by atoms with Crippen molar-refractivity contribution >= 4 is 13.8 Å². The zero-order valence-corrected chi connectivity index (χ0v) is 33.7. The average Bonchev–Trinajstić information content (AvgIpc) is 3.12. The molecule has 0 aromatic rings. The van der Waals surface area contributed by atoms with Crippen LogP contribution in [0.2, 0.25) is 0 Å². The van der Waals surface area contributed by atoms with Crippen LogP contribution in [0.1, 0.15) is 174 Å². The van der Waals surface area contributed by atoms with Crippen molar-refractivity contribution in [2.45, 2.75) is 180 Å². The van der Waals surface area contributed by atoms with Gasteiger partial charge < -0.3 is 20.1 Å². The van der Waals surface area contributed by atoms with E-state index in [0.29, 0.717) is 13.0 Å². The highest BCUT2D eigenvalue weighted by Crippen LogP contribution is 2.43. The number of ether oxygens (including phenoxy) is 2. The van der Waals surface area contributed by atoms with Crippen LogP contribution >= 0.6 is 7.82 Å². The molecule has 2 unspecified atom stereocenters. The number of carbonyl (C=O) groups is 1. The lowest BCUT2D eigenvalue weighted by atomic mass is 10.1. The van der Waals surface area contributed by atoms with Gasteiger partial charge in [-0.05, 0) is 70.6 Å². The highest BCUT2D eigenvalue weighted by molar-refractivity contribution is 7.47. The van der Waals surface area contributed by atoms with Crippen LogP contribution in [0.4, 0.5) is 0 Å². The van der Waals surface area contributed by atoms with Crippen LogP contribution in [-0.4, -0.2) is 49.9 Å². The Hall–Kier alpha value is -1.54. The normalized spacial score (nSPS) is 14.0. The number of allylic oxidation sites excluding steroid dienone is 8. The van der Waals surface area contributed by atoms with E-state index in [1.807, 2.05) is 0 Å². The van der Waals surface area contributed by atoms with Gasteiger partial charge in [-0.3, -0.25) is 13.8 Å². The molecule has 0 aliphatic carbocycles. The fraction of sp³-hybridized carbons (Fsp3) is 0.786. The molecule has 51 heavy (non-hydrogen) atoms. The molecule has 0 spiro atoms. The maximum Gasteiger partial charge on any atom is 0.472 e. The molecule has 0 rings (SSSR count). The predicted octanol–water partition coefficient (Wildman–Crippen LogP) is 12.0. The summed E-state index contributed by atoms with van der Waals surface area (Å²) >= 11 is 0. The Morgan fingerprint density at radius 1 is 0.608 bits per heavy atom. The van der Waals surface area contributed by atoms with Gasteiger partial charge in [-0.15, -0.1) is 0 Å². The Kier molecular flexibility index (Phi) is 38.5. The van der Waals surface area contributed by atoms with Gasteiger partial charge in [0, 0.05) is 19.6 Å². The third kappa shape index (κ3) is 39.5. The lowest BCUT2D eigenvalue weighted by Crippen LogP contribution is -2.28. The highest BCUT2D eigenvalue weighted by atomic mass is 31.2. The monoisotopic (exact) mass is 740 g/mol. The number of carbonyl (C=O) groups excluding carboxylic acids is 1. The fourth-order valence-electron chi connectivity index (χ4n) is 5.48. The van der Waals surface area contributed by atoms with Gasteiger partial charge in [-0.2, -0.15) is 0 Å². The first-order valence-electron chi connectivity index (χ1n) is 20.6. The molecule has 8 nitrogen and oxygen atoms in total. The van der Waals surface area contributed by atoms with E-state index < -0.39 is 13.9 Å². The van der Waals surface area contributed by atoms with E-state index in [2.05, 4.69) is 62.5 Å². The topological polar surface area (TPSA) is 117 Å². The molecular weight excluding hydrogens is 661 g/mol. The standard InChI is InChI=1S/C42H78NO7P/c1-3-5-7-9-11-13-15-17-19-21-23-25-27-29-31-33-35-42(44)50-41(40-49-51(45,46)48-38-36-43)39-47-37-34-32-30-28-26-24-22-20-18-16-14-12-10-8-6-4-2/h6,8,12,14,18-21,41H,3-5,7,9-11,13,15-17,22-40,43H2,1-2H3,(H,45,46)/b8-6-,14-12-,20-18-,21-19-.